The Hall–Kier alpha value is -2.02. The van der Waals surface area contributed by atoms with Crippen LogP contribution in [0.15, 0.2) is 72.8 Å². The molecule has 0 spiro atoms. The van der Waals surface area contributed by atoms with E-state index in [-0.39, 0.29) is 0 Å². The summed E-state index contributed by atoms with van der Waals surface area (Å²) in [6.45, 7) is 0.355. The molecule has 25 heavy (non-hydrogen) atoms. The minimum absolute atomic E-state index is 0.355. The van der Waals surface area contributed by atoms with Crippen molar-refractivity contribution >= 4 is 22.6 Å². The standard InChI is InChI=1S/C20H14F3IO/c21-20(22,23)15-10-11-18(24)17(12-15)16-8-4-5-9-19(16)25-13-14-6-2-1-3-7-14/h1-12H,13H2. The first kappa shape index (κ1) is 17.8. The Labute approximate surface area is 157 Å². The summed E-state index contributed by atoms with van der Waals surface area (Å²) >= 11 is 2.04. The van der Waals surface area contributed by atoms with Crippen LogP contribution in [0.5, 0.6) is 5.75 Å². The van der Waals surface area contributed by atoms with E-state index in [0.29, 0.717) is 23.5 Å². The lowest BCUT2D eigenvalue weighted by Crippen LogP contribution is -2.05. The van der Waals surface area contributed by atoms with E-state index in [9.17, 15) is 13.2 Å². The Morgan fingerprint density at radius 2 is 1.48 bits per heavy atom. The summed E-state index contributed by atoms with van der Waals surface area (Å²) in [5.41, 5.74) is 1.49. The third-order valence-corrected chi connectivity index (χ3v) is 4.65. The lowest BCUT2D eigenvalue weighted by molar-refractivity contribution is -0.137. The average molecular weight is 454 g/mol. The van der Waals surface area contributed by atoms with Gasteiger partial charge in [0, 0.05) is 9.13 Å². The monoisotopic (exact) mass is 454 g/mol. The number of halogens is 4. The van der Waals surface area contributed by atoms with Gasteiger partial charge in [0.05, 0.1) is 5.56 Å². The van der Waals surface area contributed by atoms with Crippen molar-refractivity contribution in [3.05, 3.63) is 87.5 Å². The third-order valence-electron chi connectivity index (χ3n) is 3.71. The van der Waals surface area contributed by atoms with E-state index in [2.05, 4.69) is 0 Å². The van der Waals surface area contributed by atoms with Crippen LogP contribution in [-0.2, 0) is 12.8 Å². The van der Waals surface area contributed by atoms with Crippen LogP contribution in [0.1, 0.15) is 11.1 Å². The van der Waals surface area contributed by atoms with Crippen molar-refractivity contribution in [1.82, 2.24) is 0 Å². The molecule has 0 saturated carbocycles. The molecule has 3 aromatic rings. The van der Waals surface area contributed by atoms with E-state index < -0.39 is 11.7 Å². The highest BCUT2D eigenvalue weighted by atomic mass is 127. The molecule has 5 heteroatoms. The van der Waals surface area contributed by atoms with Gasteiger partial charge in [-0.1, -0.05) is 48.5 Å². The van der Waals surface area contributed by atoms with Crippen LogP contribution >= 0.6 is 22.6 Å². The maximum Gasteiger partial charge on any atom is 0.416 e. The first-order chi connectivity index (χ1) is 11.9. The molecule has 0 amide bonds. The smallest absolute Gasteiger partial charge is 0.416 e. The quantitative estimate of drug-likeness (QED) is 0.406. The zero-order chi connectivity index (χ0) is 17.9. The predicted molar refractivity (Wildman–Crippen MR) is 100 cm³/mol. The van der Waals surface area contributed by atoms with Crippen molar-refractivity contribution < 1.29 is 17.9 Å². The molecule has 0 aliphatic heterocycles. The number of hydrogen-bond donors (Lipinski definition) is 0. The van der Waals surface area contributed by atoms with Gasteiger partial charge in [0.25, 0.3) is 0 Å². The lowest BCUT2D eigenvalue weighted by Gasteiger charge is -2.15. The number of ether oxygens (including phenoxy) is 1. The van der Waals surface area contributed by atoms with Crippen molar-refractivity contribution in [3.8, 4) is 16.9 Å². The van der Waals surface area contributed by atoms with E-state index in [4.69, 9.17) is 4.74 Å². The second-order valence-corrected chi connectivity index (χ2v) is 6.63. The summed E-state index contributed by atoms with van der Waals surface area (Å²) in [4.78, 5) is 0. The average Bonchev–Trinajstić information content (AvgIpc) is 2.61. The molecule has 0 aliphatic carbocycles. The maximum atomic E-state index is 13.1. The second-order valence-electron chi connectivity index (χ2n) is 5.46. The molecular formula is C20H14F3IO. The second kappa shape index (κ2) is 7.47. The Balaban J connectivity index is 1.96. The normalized spacial score (nSPS) is 11.4. The molecule has 3 aromatic carbocycles. The van der Waals surface area contributed by atoms with E-state index in [0.717, 1.165) is 15.2 Å². The molecule has 3 rings (SSSR count). The fourth-order valence-electron chi connectivity index (χ4n) is 2.46. The number of rotatable bonds is 4. The number of para-hydroxylation sites is 1. The minimum Gasteiger partial charge on any atom is -0.488 e. The van der Waals surface area contributed by atoms with Crippen LogP contribution in [0.3, 0.4) is 0 Å². The molecule has 0 N–H and O–H groups in total. The Morgan fingerprint density at radius 3 is 2.20 bits per heavy atom. The van der Waals surface area contributed by atoms with Gasteiger partial charge in [0.15, 0.2) is 0 Å². The summed E-state index contributed by atoms with van der Waals surface area (Å²) < 4.78 is 45.8. The van der Waals surface area contributed by atoms with Gasteiger partial charge in [0.1, 0.15) is 12.4 Å². The highest BCUT2D eigenvalue weighted by Crippen LogP contribution is 2.38. The van der Waals surface area contributed by atoms with Gasteiger partial charge in [-0.3, -0.25) is 0 Å². The highest BCUT2D eigenvalue weighted by Gasteiger charge is 2.31. The minimum atomic E-state index is -4.38. The molecule has 0 aromatic heterocycles. The summed E-state index contributed by atoms with van der Waals surface area (Å²) in [6.07, 6.45) is -4.38. The Kier molecular flexibility index (Phi) is 5.32. The molecule has 0 radical (unpaired) electrons. The van der Waals surface area contributed by atoms with E-state index in [1.165, 1.54) is 12.1 Å². The van der Waals surface area contributed by atoms with Gasteiger partial charge in [-0.15, -0.1) is 0 Å². The molecule has 0 heterocycles. The molecule has 1 nitrogen and oxygen atoms in total. The summed E-state index contributed by atoms with van der Waals surface area (Å²) in [5.74, 6) is 0.559. The predicted octanol–water partition coefficient (Wildman–Crippen LogP) is 6.56. The van der Waals surface area contributed by atoms with Gasteiger partial charge in [-0.25, -0.2) is 0 Å². The van der Waals surface area contributed by atoms with Crippen LogP contribution in [0.25, 0.3) is 11.1 Å². The topological polar surface area (TPSA) is 9.23 Å². The molecule has 0 bridgehead atoms. The SMILES string of the molecule is FC(F)(F)c1ccc(I)c(-c2ccccc2OCc2ccccc2)c1. The maximum absolute atomic E-state index is 13.1. The fourth-order valence-corrected chi connectivity index (χ4v) is 3.08. The highest BCUT2D eigenvalue weighted by molar-refractivity contribution is 14.1. The molecule has 128 valence electrons. The molecule has 0 saturated heterocycles. The fraction of sp³-hybridized carbons (Fsp3) is 0.100. The molecule has 0 unspecified atom stereocenters. The third kappa shape index (κ3) is 4.34. The van der Waals surface area contributed by atoms with Crippen LogP contribution in [-0.4, -0.2) is 0 Å². The van der Waals surface area contributed by atoms with E-state index in [1.807, 2.05) is 59.0 Å². The van der Waals surface area contributed by atoms with Gasteiger partial charge >= 0.3 is 6.18 Å². The van der Waals surface area contributed by atoms with Crippen molar-refractivity contribution in [3.63, 3.8) is 0 Å². The zero-order valence-corrected chi connectivity index (χ0v) is 15.2. The van der Waals surface area contributed by atoms with Gasteiger partial charge in [-0.05, 0) is 58.0 Å². The van der Waals surface area contributed by atoms with Crippen molar-refractivity contribution in [2.75, 3.05) is 0 Å². The van der Waals surface area contributed by atoms with E-state index >= 15 is 0 Å². The van der Waals surface area contributed by atoms with Gasteiger partial charge in [0.2, 0.25) is 0 Å². The van der Waals surface area contributed by atoms with Crippen molar-refractivity contribution in [1.29, 1.82) is 0 Å². The number of alkyl halides is 3. The number of hydrogen-bond acceptors (Lipinski definition) is 1. The molecule has 0 fully saturated rings. The van der Waals surface area contributed by atoms with Crippen LogP contribution in [0.4, 0.5) is 13.2 Å². The zero-order valence-electron chi connectivity index (χ0n) is 13.1. The summed E-state index contributed by atoms with van der Waals surface area (Å²) in [7, 11) is 0. The van der Waals surface area contributed by atoms with Crippen LogP contribution in [0, 0.1) is 3.57 Å². The summed E-state index contributed by atoms with van der Waals surface area (Å²) in [6, 6.07) is 20.5. The lowest BCUT2D eigenvalue weighted by atomic mass is 10.0. The van der Waals surface area contributed by atoms with Gasteiger partial charge < -0.3 is 4.74 Å². The van der Waals surface area contributed by atoms with Gasteiger partial charge in [-0.2, -0.15) is 13.2 Å². The van der Waals surface area contributed by atoms with Crippen LogP contribution in [0.2, 0.25) is 0 Å². The van der Waals surface area contributed by atoms with Crippen molar-refractivity contribution in [2.45, 2.75) is 12.8 Å². The molecule has 0 atom stereocenters. The number of benzene rings is 3. The Morgan fingerprint density at radius 1 is 0.800 bits per heavy atom. The first-order valence-electron chi connectivity index (χ1n) is 7.58. The summed E-state index contributed by atoms with van der Waals surface area (Å²) in [5, 5.41) is 0. The van der Waals surface area contributed by atoms with E-state index in [1.54, 1.807) is 18.2 Å². The van der Waals surface area contributed by atoms with Crippen molar-refractivity contribution in [2.24, 2.45) is 0 Å². The largest absolute Gasteiger partial charge is 0.488 e. The molecule has 0 aliphatic rings. The molecular weight excluding hydrogens is 440 g/mol. The first-order valence-corrected chi connectivity index (χ1v) is 8.66. The van der Waals surface area contributed by atoms with Crippen LogP contribution < -0.4 is 4.74 Å². The Bertz CT molecular complexity index is 860.